The Hall–Kier alpha value is -0.740. The van der Waals surface area contributed by atoms with Gasteiger partial charge in [0.25, 0.3) is 0 Å². The zero-order valence-corrected chi connectivity index (χ0v) is 12.4. The standard InChI is InChI=1S/C14H19NOS2/c1-16-12-6-8-13(9-7-12)18-14(17)15-10-4-2-3-5-11-15/h6-9H,2-5,10-11H2,1H3. The second-order valence-corrected chi connectivity index (χ2v) is 6.15. The lowest BCUT2D eigenvalue weighted by Gasteiger charge is -2.22. The minimum absolute atomic E-state index is 0.889. The van der Waals surface area contributed by atoms with Crippen molar-refractivity contribution in [2.24, 2.45) is 0 Å². The van der Waals surface area contributed by atoms with Crippen LogP contribution in [-0.4, -0.2) is 29.4 Å². The lowest BCUT2D eigenvalue weighted by molar-refractivity contribution is 0.414. The number of likely N-dealkylation sites (tertiary alicyclic amines) is 1. The molecular formula is C14H19NOS2. The molecule has 0 amide bonds. The van der Waals surface area contributed by atoms with Gasteiger partial charge in [-0.25, -0.2) is 0 Å². The lowest BCUT2D eigenvalue weighted by Crippen LogP contribution is -2.28. The van der Waals surface area contributed by atoms with Crippen LogP contribution >= 0.6 is 24.0 Å². The van der Waals surface area contributed by atoms with Crippen LogP contribution in [0.5, 0.6) is 5.75 Å². The van der Waals surface area contributed by atoms with E-state index >= 15 is 0 Å². The van der Waals surface area contributed by atoms with E-state index in [0.717, 1.165) is 23.2 Å². The summed E-state index contributed by atoms with van der Waals surface area (Å²) in [6.07, 6.45) is 5.21. The molecule has 0 radical (unpaired) electrons. The number of thiocarbonyl (C=S) groups is 1. The SMILES string of the molecule is COc1ccc(SC(=S)N2CCCCCC2)cc1. The molecule has 0 spiro atoms. The summed E-state index contributed by atoms with van der Waals surface area (Å²) in [5.41, 5.74) is 0. The minimum atomic E-state index is 0.889. The van der Waals surface area contributed by atoms with Gasteiger partial charge in [0, 0.05) is 18.0 Å². The van der Waals surface area contributed by atoms with Crippen molar-refractivity contribution in [3.63, 3.8) is 0 Å². The average Bonchev–Trinajstić information content (AvgIpc) is 2.68. The van der Waals surface area contributed by atoms with Crippen LogP contribution in [0.25, 0.3) is 0 Å². The number of hydrogen-bond donors (Lipinski definition) is 0. The number of nitrogens with zero attached hydrogens (tertiary/aromatic N) is 1. The van der Waals surface area contributed by atoms with Gasteiger partial charge in [0.05, 0.1) is 7.11 Å². The molecule has 0 aliphatic carbocycles. The van der Waals surface area contributed by atoms with Gasteiger partial charge in [0.1, 0.15) is 10.1 Å². The molecule has 1 aromatic rings. The first-order valence-corrected chi connectivity index (χ1v) is 7.63. The third-order valence-corrected chi connectivity index (χ3v) is 4.58. The summed E-state index contributed by atoms with van der Waals surface area (Å²) in [5, 5.41) is 0. The van der Waals surface area contributed by atoms with E-state index in [9.17, 15) is 0 Å². The average molecular weight is 281 g/mol. The van der Waals surface area contributed by atoms with E-state index in [2.05, 4.69) is 17.0 Å². The predicted octanol–water partition coefficient (Wildman–Crippen LogP) is 3.95. The Kier molecular flexibility index (Phi) is 5.32. The van der Waals surface area contributed by atoms with Crippen molar-refractivity contribution in [2.45, 2.75) is 30.6 Å². The first kappa shape index (κ1) is 13.7. The molecule has 1 aromatic carbocycles. The summed E-state index contributed by atoms with van der Waals surface area (Å²) in [6, 6.07) is 8.09. The quantitative estimate of drug-likeness (QED) is 0.601. The highest BCUT2D eigenvalue weighted by Gasteiger charge is 2.13. The number of benzene rings is 1. The summed E-state index contributed by atoms with van der Waals surface area (Å²) in [4.78, 5) is 3.53. The summed E-state index contributed by atoms with van der Waals surface area (Å²) in [6.45, 7) is 2.23. The first-order chi connectivity index (χ1) is 8.79. The highest BCUT2D eigenvalue weighted by atomic mass is 32.2. The molecule has 0 atom stereocenters. The van der Waals surface area contributed by atoms with Crippen LogP contribution in [0.4, 0.5) is 0 Å². The molecule has 1 aliphatic heterocycles. The smallest absolute Gasteiger partial charge is 0.141 e. The Morgan fingerprint density at radius 3 is 2.28 bits per heavy atom. The van der Waals surface area contributed by atoms with E-state index in [1.54, 1.807) is 18.9 Å². The normalized spacial score (nSPS) is 16.2. The van der Waals surface area contributed by atoms with Crippen LogP contribution < -0.4 is 4.74 Å². The molecular weight excluding hydrogens is 262 g/mol. The second-order valence-electron chi connectivity index (χ2n) is 4.44. The third kappa shape index (κ3) is 3.89. The van der Waals surface area contributed by atoms with Gasteiger partial charge in [-0.05, 0) is 37.1 Å². The Morgan fingerprint density at radius 1 is 1.11 bits per heavy atom. The summed E-state index contributed by atoms with van der Waals surface area (Å²) in [5.74, 6) is 0.889. The molecule has 0 unspecified atom stereocenters. The van der Waals surface area contributed by atoms with Crippen LogP contribution in [0.2, 0.25) is 0 Å². The molecule has 1 heterocycles. The van der Waals surface area contributed by atoms with E-state index < -0.39 is 0 Å². The van der Waals surface area contributed by atoms with Gasteiger partial charge >= 0.3 is 0 Å². The van der Waals surface area contributed by atoms with Gasteiger partial charge < -0.3 is 9.64 Å². The zero-order valence-electron chi connectivity index (χ0n) is 10.7. The lowest BCUT2D eigenvalue weighted by atomic mass is 10.2. The highest BCUT2D eigenvalue weighted by Crippen LogP contribution is 2.25. The van der Waals surface area contributed by atoms with Crippen LogP contribution in [0.3, 0.4) is 0 Å². The molecule has 98 valence electrons. The van der Waals surface area contributed by atoms with Crippen molar-refractivity contribution in [3.05, 3.63) is 24.3 Å². The number of rotatable bonds is 2. The van der Waals surface area contributed by atoms with Gasteiger partial charge in [0.2, 0.25) is 0 Å². The van der Waals surface area contributed by atoms with E-state index in [-0.39, 0.29) is 0 Å². The van der Waals surface area contributed by atoms with Gasteiger partial charge in [0.15, 0.2) is 0 Å². The Balaban J connectivity index is 1.92. The number of thioether (sulfide) groups is 1. The summed E-state index contributed by atoms with van der Waals surface area (Å²) >= 11 is 7.22. The van der Waals surface area contributed by atoms with Crippen LogP contribution in [-0.2, 0) is 0 Å². The van der Waals surface area contributed by atoms with Gasteiger partial charge in [-0.15, -0.1) is 0 Å². The topological polar surface area (TPSA) is 12.5 Å². The molecule has 1 aliphatic rings. The molecule has 1 fully saturated rings. The van der Waals surface area contributed by atoms with Crippen molar-refractivity contribution in [1.29, 1.82) is 0 Å². The van der Waals surface area contributed by atoms with Crippen molar-refractivity contribution in [1.82, 2.24) is 4.90 Å². The van der Waals surface area contributed by atoms with Crippen LogP contribution in [0.15, 0.2) is 29.2 Å². The Morgan fingerprint density at radius 2 is 1.72 bits per heavy atom. The number of ether oxygens (including phenoxy) is 1. The molecule has 18 heavy (non-hydrogen) atoms. The van der Waals surface area contributed by atoms with E-state index in [4.69, 9.17) is 17.0 Å². The zero-order chi connectivity index (χ0) is 12.8. The van der Waals surface area contributed by atoms with E-state index in [1.165, 1.54) is 30.6 Å². The van der Waals surface area contributed by atoms with Crippen LogP contribution in [0.1, 0.15) is 25.7 Å². The fourth-order valence-electron chi connectivity index (χ4n) is 2.06. The molecule has 0 saturated carbocycles. The number of hydrogen-bond acceptors (Lipinski definition) is 3. The fourth-order valence-corrected chi connectivity index (χ4v) is 3.32. The van der Waals surface area contributed by atoms with Crippen molar-refractivity contribution >= 4 is 28.3 Å². The van der Waals surface area contributed by atoms with Crippen molar-refractivity contribution in [3.8, 4) is 5.75 Å². The fraction of sp³-hybridized carbons (Fsp3) is 0.500. The maximum absolute atomic E-state index is 5.54. The molecule has 4 heteroatoms. The van der Waals surface area contributed by atoms with E-state index in [0.29, 0.717) is 0 Å². The maximum atomic E-state index is 5.54. The molecule has 2 rings (SSSR count). The molecule has 0 N–H and O–H groups in total. The molecule has 0 aromatic heterocycles. The summed E-state index contributed by atoms with van der Waals surface area (Å²) < 4.78 is 6.16. The minimum Gasteiger partial charge on any atom is -0.497 e. The van der Waals surface area contributed by atoms with Gasteiger partial charge in [-0.3, -0.25) is 0 Å². The van der Waals surface area contributed by atoms with Gasteiger partial charge in [-0.2, -0.15) is 0 Å². The molecule has 2 nitrogen and oxygen atoms in total. The predicted molar refractivity (Wildman–Crippen MR) is 81.5 cm³/mol. The third-order valence-electron chi connectivity index (χ3n) is 3.13. The Bertz CT molecular complexity index is 383. The monoisotopic (exact) mass is 281 g/mol. The molecule has 0 bridgehead atoms. The van der Waals surface area contributed by atoms with Crippen LogP contribution in [0, 0.1) is 0 Å². The summed E-state index contributed by atoms with van der Waals surface area (Å²) in [7, 11) is 1.68. The highest BCUT2D eigenvalue weighted by molar-refractivity contribution is 8.22. The van der Waals surface area contributed by atoms with Crippen molar-refractivity contribution < 1.29 is 4.74 Å². The second kappa shape index (κ2) is 7.00. The van der Waals surface area contributed by atoms with Crippen molar-refractivity contribution in [2.75, 3.05) is 20.2 Å². The Labute approximate surface area is 119 Å². The largest absolute Gasteiger partial charge is 0.497 e. The number of methoxy groups -OCH3 is 1. The van der Waals surface area contributed by atoms with Gasteiger partial charge in [-0.1, -0.05) is 36.8 Å². The maximum Gasteiger partial charge on any atom is 0.141 e. The first-order valence-electron chi connectivity index (χ1n) is 6.40. The van der Waals surface area contributed by atoms with E-state index in [1.807, 2.05) is 12.1 Å². The molecule has 1 saturated heterocycles.